The third-order valence-electron chi connectivity index (χ3n) is 4.70. The van der Waals surface area contributed by atoms with Crippen molar-refractivity contribution in [2.24, 2.45) is 11.3 Å². The van der Waals surface area contributed by atoms with Crippen LogP contribution in [0.3, 0.4) is 0 Å². The normalized spacial score (nSPS) is 30.4. The first-order valence-electron chi connectivity index (χ1n) is 7.59. The van der Waals surface area contributed by atoms with Crippen LogP contribution in [0.25, 0.3) is 0 Å². The van der Waals surface area contributed by atoms with Crippen LogP contribution in [0.2, 0.25) is 0 Å². The highest BCUT2D eigenvalue weighted by molar-refractivity contribution is 4.78. The van der Waals surface area contributed by atoms with Crippen molar-refractivity contribution in [1.29, 1.82) is 0 Å². The standard InChI is InChI=1S/C15H30N2/c1-15(2)7-11-17(12-8-15)10-4-6-14-5-3-9-16-13-14/h14,16H,3-13H2,1-2H3. The zero-order valence-corrected chi connectivity index (χ0v) is 11.8. The summed E-state index contributed by atoms with van der Waals surface area (Å²) in [5, 5.41) is 3.52. The summed E-state index contributed by atoms with van der Waals surface area (Å²) >= 11 is 0. The van der Waals surface area contributed by atoms with Crippen molar-refractivity contribution >= 4 is 0 Å². The van der Waals surface area contributed by atoms with E-state index in [1.54, 1.807) is 0 Å². The lowest BCUT2D eigenvalue weighted by Gasteiger charge is -2.37. The van der Waals surface area contributed by atoms with Crippen LogP contribution >= 0.6 is 0 Å². The summed E-state index contributed by atoms with van der Waals surface area (Å²) in [5.74, 6) is 0.963. The van der Waals surface area contributed by atoms with Gasteiger partial charge in [-0.1, -0.05) is 13.8 Å². The van der Waals surface area contributed by atoms with E-state index in [4.69, 9.17) is 0 Å². The highest BCUT2D eigenvalue weighted by Gasteiger charge is 2.25. The molecule has 1 atom stereocenters. The second-order valence-electron chi connectivity index (χ2n) is 6.86. The van der Waals surface area contributed by atoms with Crippen LogP contribution in [-0.2, 0) is 0 Å². The molecule has 0 spiro atoms. The molecule has 2 aliphatic rings. The molecule has 2 fully saturated rings. The van der Waals surface area contributed by atoms with Gasteiger partial charge in [0.1, 0.15) is 0 Å². The van der Waals surface area contributed by atoms with Gasteiger partial charge < -0.3 is 10.2 Å². The minimum atomic E-state index is 0.601. The predicted octanol–water partition coefficient (Wildman–Crippen LogP) is 2.89. The highest BCUT2D eigenvalue weighted by atomic mass is 15.1. The molecule has 0 bridgehead atoms. The zero-order chi connectivity index (χ0) is 12.1. The molecule has 2 aliphatic heterocycles. The molecule has 1 unspecified atom stereocenters. The largest absolute Gasteiger partial charge is 0.316 e. The topological polar surface area (TPSA) is 15.3 Å². The molecular formula is C15H30N2. The Bertz CT molecular complexity index is 209. The molecule has 0 aromatic rings. The molecule has 2 rings (SSSR count). The van der Waals surface area contributed by atoms with E-state index in [1.807, 2.05) is 0 Å². The number of rotatable bonds is 4. The van der Waals surface area contributed by atoms with Gasteiger partial charge >= 0.3 is 0 Å². The molecule has 0 radical (unpaired) electrons. The van der Waals surface area contributed by atoms with Crippen LogP contribution in [0.1, 0.15) is 52.4 Å². The first-order chi connectivity index (χ1) is 8.16. The van der Waals surface area contributed by atoms with Gasteiger partial charge in [-0.3, -0.25) is 0 Å². The van der Waals surface area contributed by atoms with Crippen LogP contribution in [0, 0.1) is 11.3 Å². The summed E-state index contributed by atoms with van der Waals surface area (Å²) < 4.78 is 0. The first-order valence-corrected chi connectivity index (χ1v) is 7.59. The smallest absolute Gasteiger partial charge is 0.00136 e. The van der Waals surface area contributed by atoms with Crippen molar-refractivity contribution in [2.45, 2.75) is 52.4 Å². The van der Waals surface area contributed by atoms with E-state index in [0.29, 0.717) is 5.41 Å². The van der Waals surface area contributed by atoms with E-state index in [9.17, 15) is 0 Å². The summed E-state index contributed by atoms with van der Waals surface area (Å²) in [6.45, 7) is 11.3. The van der Waals surface area contributed by atoms with Crippen molar-refractivity contribution in [3.63, 3.8) is 0 Å². The third-order valence-corrected chi connectivity index (χ3v) is 4.70. The van der Waals surface area contributed by atoms with E-state index < -0.39 is 0 Å². The lowest BCUT2D eigenvalue weighted by Crippen LogP contribution is -2.38. The molecule has 2 saturated heterocycles. The molecule has 0 aliphatic carbocycles. The van der Waals surface area contributed by atoms with Crippen LogP contribution in [0.4, 0.5) is 0 Å². The van der Waals surface area contributed by atoms with Crippen molar-refractivity contribution in [1.82, 2.24) is 10.2 Å². The molecule has 2 heteroatoms. The Morgan fingerprint density at radius 1 is 1.24 bits per heavy atom. The van der Waals surface area contributed by atoms with Crippen molar-refractivity contribution in [2.75, 3.05) is 32.7 Å². The maximum absolute atomic E-state index is 3.52. The lowest BCUT2D eigenvalue weighted by atomic mass is 9.82. The molecule has 2 heterocycles. The van der Waals surface area contributed by atoms with Crippen molar-refractivity contribution < 1.29 is 0 Å². The van der Waals surface area contributed by atoms with Crippen LogP contribution in [0.5, 0.6) is 0 Å². The minimum absolute atomic E-state index is 0.601. The molecule has 1 N–H and O–H groups in total. The maximum Gasteiger partial charge on any atom is -0.00136 e. The summed E-state index contributed by atoms with van der Waals surface area (Å²) in [4.78, 5) is 2.68. The summed E-state index contributed by atoms with van der Waals surface area (Å²) in [5.41, 5.74) is 0.601. The SMILES string of the molecule is CC1(C)CCN(CCCC2CCCNC2)CC1. The Balaban J connectivity index is 1.56. The van der Waals surface area contributed by atoms with Gasteiger partial charge in [-0.25, -0.2) is 0 Å². The molecule has 0 amide bonds. The van der Waals surface area contributed by atoms with Crippen LogP contribution in [-0.4, -0.2) is 37.6 Å². The number of piperidine rings is 2. The van der Waals surface area contributed by atoms with Gasteiger partial charge in [0.25, 0.3) is 0 Å². The quantitative estimate of drug-likeness (QED) is 0.810. The number of hydrogen-bond acceptors (Lipinski definition) is 2. The average molecular weight is 238 g/mol. The van der Waals surface area contributed by atoms with E-state index in [2.05, 4.69) is 24.1 Å². The number of hydrogen-bond donors (Lipinski definition) is 1. The molecule has 2 nitrogen and oxygen atoms in total. The molecule has 0 saturated carbocycles. The fraction of sp³-hybridized carbons (Fsp3) is 1.00. The Labute approximate surface area is 107 Å². The summed E-state index contributed by atoms with van der Waals surface area (Å²) in [7, 11) is 0. The van der Waals surface area contributed by atoms with Gasteiger partial charge in [-0.05, 0) is 82.6 Å². The number of likely N-dealkylation sites (tertiary alicyclic amines) is 1. The number of nitrogens with one attached hydrogen (secondary N) is 1. The van der Waals surface area contributed by atoms with Crippen LogP contribution in [0.15, 0.2) is 0 Å². The Kier molecular flexibility index (Phi) is 4.87. The molecular weight excluding hydrogens is 208 g/mol. The predicted molar refractivity (Wildman–Crippen MR) is 74.3 cm³/mol. The van der Waals surface area contributed by atoms with E-state index in [-0.39, 0.29) is 0 Å². The van der Waals surface area contributed by atoms with Gasteiger partial charge in [-0.2, -0.15) is 0 Å². The maximum atomic E-state index is 3.52. The lowest BCUT2D eigenvalue weighted by molar-refractivity contribution is 0.129. The molecule has 0 aromatic carbocycles. The van der Waals surface area contributed by atoms with Crippen molar-refractivity contribution in [3.05, 3.63) is 0 Å². The molecule has 0 aromatic heterocycles. The fourth-order valence-corrected chi connectivity index (χ4v) is 3.16. The summed E-state index contributed by atoms with van der Waals surface area (Å²) in [6.07, 6.45) is 8.47. The summed E-state index contributed by atoms with van der Waals surface area (Å²) in [6, 6.07) is 0. The van der Waals surface area contributed by atoms with Gasteiger partial charge in [-0.15, -0.1) is 0 Å². The van der Waals surface area contributed by atoms with Gasteiger partial charge in [0, 0.05) is 0 Å². The zero-order valence-electron chi connectivity index (χ0n) is 11.8. The van der Waals surface area contributed by atoms with E-state index >= 15 is 0 Å². The Morgan fingerprint density at radius 3 is 2.65 bits per heavy atom. The second-order valence-corrected chi connectivity index (χ2v) is 6.86. The average Bonchev–Trinajstić information content (AvgIpc) is 2.33. The first kappa shape index (κ1) is 13.4. The fourth-order valence-electron chi connectivity index (χ4n) is 3.16. The van der Waals surface area contributed by atoms with Crippen LogP contribution < -0.4 is 5.32 Å². The minimum Gasteiger partial charge on any atom is -0.316 e. The van der Waals surface area contributed by atoms with Gasteiger partial charge in [0.05, 0.1) is 0 Å². The molecule has 17 heavy (non-hydrogen) atoms. The monoisotopic (exact) mass is 238 g/mol. The Morgan fingerprint density at radius 2 is 2.00 bits per heavy atom. The van der Waals surface area contributed by atoms with E-state index in [1.165, 1.54) is 71.2 Å². The third kappa shape index (κ3) is 4.59. The highest BCUT2D eigenvalue weighted by Crippen LogP contribution is 2.29. The van der Waals surface area contributed by atoms with Gasteiger partial charge in [0.15, 0.2) is 0 Å². The van der Waals surface area contributed by atoms with Gasteiger partial charge in [0.2, 0.25) is 0 Å². The number of nitrogens with zero attached hydrogens (tertiary/aromatic N) is 1. The Hall–Kier alpha value is -0.0800. The van der Waals surface area contributed by atoms with Crippen molar-refractivity contribution in [3.8, 4) is 0 Å². The van der Waals surface area contributed by atoms with E-state index in [0.717, 1.165) is 5.92 Å². The molecule has 100 valence electrons. The second kappa shape index (κ2) is 6.19.